The monoisotopic (exact) mass is 270 g/mol. The van der Waals surface area contributed by atoms with E-state index in [1.807, 2.05) is 30.7 Å². The third-order valence-electron chi connectivity index (χ3n) is 4.13. The first kappa shape index (κ1) is 12.9. The highest BCUT2D eigenvalue weighted by Crippen LogP contribution is 2.54. The highest BCUT2D eigenvalue weighted by Gasteiger charge is 2.54. The van der Waals surface area contributed by atoms with Gasteiger partial charge in [0, 0.05) is 24.4 Å². The third-order valence-corrected chi connectivity index (χ3v) is 4.13. The molecule has 0 bridgehead atoms. The van der Waals surface area contributed by atoms with E-state index in [1.165, 1.54) is 12.7 Å². The summed E-state index contributed by atoms with van der Waals surface area (Å²) in [5.41, 5.74) is 2.35. The molecule has 0 radical (unpaired) electrons. The van der Waals surface area contributed by atoms with Crippen LogP contribution in [-0.4, -0.2) is 22.6 Å². The zero-order valence-electron chi connectivity index (χ0n) is 11.7. The fourth-order valence-electron chi connectivity index (χ4n) is 2.93. The topological polar surface area (TPSA) is 44.1 Å². The van der Waals surface area contributed by atoms with E-state index >= 15 is 0 Å². The zero-order valence-corrected chi connectivity index (χ0v) is 11.7. The minimum atomic E-state index is -0.116. The highest BCUT2D eigenvalue weighted by molar-refractivity contribution is 5.77. The normalized spacial score (nSPS) is 24.4. The summed E-state index contributed by atoms with van der Waals surface area (Å²) in [6.07, 6.45) is 3.70. The van der Waals surface area contributed by atoms with Crippen LogP contribution in [0.25, 0.3) is 0 Å². The predicted octanol–water partition coefficient (Wildman–Crippen LogP) is 2.45. The maximum absolute atomic E-state index is 11.7. The van der Waals surface area contributed by atoms with Crippen LogP contribution in [0, 0.1) is 11.8 Å². The molecule has 0 unspecified atom stereocenters. The number of ether oxygens (including phenoxy) is 1. The Balaban J connectivity index is 1.80. The van der Waals surface area contributed by atoms with Gasteiger partial charge in [0.2, 0.25) is 0 Å². The van der Waals surface area contributed by atoms with Gasteiger partial charge in [-0.15, -0.1) is 0 Å². The van der Waals surface area contributed by atoms with Gasteiger partial charge in [0.15, 0.2) is 0 Å². The van der Waals surface area contributed by atoms with Gasteiger partial charge in [-0.05, 0) is 11.5 Å². The zero-order chi connectivity index (χ0) is 14.1. The molecular formula is C16H18N2O2. The van der Waals surface area contributed by atoms with E-state index in [2.05, 4.69) is 28.6 Å². The molecule has 104 valence electrons. The van der Waals surface area contributed by atoms with Crippen LogP contribution in [0.4, 0.5) is 0 Å². The molecule has 20 heavy (non-hydrogen) atoms. The molecule has 1 aromatic carbocycles. The van der Waals surface area contributed by atoms with Crippen molar-refractivity contribution in [3.63, 3.8) is 0 Å². The number of hydrogen-bond acceptors (Lipinski definition) is 3. The second-order valence-corrected chi connectivity index (χ2v) is 5.37. The molecule has 1 aromatic heterocycles. The van der Waals surface area contributed by atoms with Crippen molar-refractivity contribution >= 4 is 5.97 Å². The molecule has 0 spiro atoms. The van der Waals surface area contributed by atoms with Crippen molar-refractivity contribution in [1.82, 2.24) is 9.55 Å². The quantitative estimate of drug-likeness (QED) is 0.802. The Kier molecular flexibility index (Phi) is 3.30. The maximum Gasteiger partial charge on any atom is 0.309 e. The van der Waals surface area contributed by atoms with E-state index in [1.54, 1.807) is 0 Å². The van der Waals surface area contributed by atoms with Gasteiger partial charge in [0.1, 0.15) is 0 Å². The summed E-state index contributed by atoms with van der Waals surface area (Å²) < 4.78 is 6.99. The fraction of sp³-hybridized carbons (Fsp3) is 0.375. The third kappa shape index (κ3) is 2.22. The minimum Gasteiger partial charge on any atom is -0.469 e. The second kappa shape index (κ2) is 5.12. The SMILES string of the molecule is COC(=O)[C@H]1[C@H](C)[C@H]1c1cncn1Cc1ccccc1. The molecule has 1 saturated carbocycles. The summed E-state index contributed by atoms with van der Waals surface area (Å²) in [6.45, 7) is 2.87. The van der Waals surface area contributed by atoms with Crippen LogP contribution >= 0.6 is 0 Å². The van der Waals surface area contributed by atoms with E-state index in [9.17, 15) is 4.79 Å². The summed E-state index contributed by atoms with van der Waals surface area (Å²) >= 11 is 0. The summed E-state index contributed by atoms with van der Waals surface area (Å²) in [6, 6.07) is 10.3. The lowest BCUT2D eigenvalue weighted by molar-refractivity contribution is -0.142. The molecule has 0 amide bonds. The maximum atomic E-state index is 11.7. The van der Waals surface area contributed by atoms with Crippen LogP contribution in [0.15, 0.2) is 42.9 Å². The molecule has 1 aliphatic rings. The standard InChI is InChI=1S/C16H18N2O2/c1-11-14(15(11)16(19)20-2)13-8-17-10-18(13)9-12-6-4-3-5-7-12/h3-8,10-11,14-15H,9H2,1-2H3/t11-,14+,15+/m1/s1. The summed E-state index contributed by atoms with van der Waals surface area (Å²) in [5.74, 6) is 0.420. The van der Waals surface area contributed by atoms with Gasteiger partial charge in [0.05, 0.1) is 19.4 Å². The molecule has 3 atom stereocenters. The Morgan fingerprint density at radius 2 is 2.10 bits per heavy atom. The van der Waals surface area contributed by atoms with Crippen molar-refractivity contribution in [2.75, 3.05) is 7.11 Å². The van der Waals surface area contributed by atoms with Gasteiger partial charge in [-0.1, -0.05) is 37.3 Å². The number of benzene rings is 1. The smallest absolute Gasteiger partial charge is 0.309 e. The molecule has 0 N–H and O–H groups in total. The van der Waals surface area contributed by atoms with Crippen LogP contribution < -0.4 is 0 Å². The summed E-state index contributed by atoms with van der Waals surface area (Å²) in [5, 5.41) is 0. The number of nitrogens with zero attached hydrogens (tertiary/aromatic N) is 2. The first-order valence-corrected chi connectivity index (χ1v) is 6.84. The Bertz CT molecular complexity index is 606. The van der Waals surface area contributed by atoms with Crippen LogP contribution in [0.3, 0.4) is 0 Å². The van der Waals surface area contributed by atoms with Gasteiger partial charge in [0.25, 0.3) is 0 Å². The first-order chi connectivity index (χ1) is 9.72. The second-order valence-electron chi connectivity index (χ2n) is 5.37. The summed E-state index contributed by atoms with van der Waals surface area (Å²) in [4.78, 5) is 16.0. The number of imidazole rings is 1. The number of esters is 1. The molecule has 2 aromatic rings. The number of rotatable bonds is 4. The number of methoxy groups -OCH3 is 1. The first-order valence-electron chi connectivity index (χ1n) is 6.84. The lowest BCUT2D eigenvalue weighted by Gasteiger charge is -2.08. The lowest BCUT2D eigenvalue weighted by atomic mass is 10.2. The molecule has 0 saturated heterocycles. The Morgan fingerprint density at radius 1 is 1.35 bits per heavy atom. The number of carbonyl (C=O) groups is 1. The lowest BCUT2D eigenvalue weighted by Crippen LogP contribution is -2.07. The minimum absolute atomic E-state index is 0.0220. The molecule has 1 fully saturated rings. The van der Waals surface area contributed by atoms with E-state index in [4.69, 9.17) is 4.74 Å². The predicted molar refractivity (Wildman–Crippen MR) is 75.2 cm³/mol. The largest absolute Gasteiger partial charge is 0.469 e. The number of carbonyl (C=O) groups excluding carboxylic acids is 1. The van der Waals surface area contributed by atoms with E-state index in [0.29, 0.717) is 5.92 Å². The van der Waals surface area contributed by atoms with Gasteiger partial charge in [-0.3, -0.25) is 4.79 Å². The highest BCUT2D eigenvalue weighted by atomic mass is 16.5. The Morgan fingerprint density at radius 3 is 2.80 bits per heavy atom. The molecule has 3 rings (SSSR count). The van der Waals surface area contributed by atoms with Crippen molar-refractivity contribution in [3.05, 3.63) is 54.1 Å². The molecule has 0 aliphatic heterocycles. The van der Waals surface area contributed by atoms with Crippen LogP contribution in [0.5, 0.6) is 0 Å². The molecule has 1 heterocycles. The van der Waals surface area contributed by atoms with Crippen LogP contribution in [0.2, 0.25) is 0 Å². The number of hydrogen-bond donors (Lipinski definition) is 0. The van der Waals surface area contributed by atoms with Crippen LogP contribution in [-0.2, 0) is 16.1 Å². The van der Waals surface area contributed by atoms with Gasteiger partial charge in [-0.25, -0.2) is 4.98 Å². The van der Waals surface area contributed by atoms with Gasteiger partial charge >= 0.3 is 5.97 Å². The number of aromatic nitrogens is 2. The average Bonchev–Trinajstić information content (AvgIpc) is 2.92. The molecule has 4 nitrogen and oxygen atoms in total. The van der Waals surface area contributed by atoms with Crippen molar-refractivity contribution in [2.45, 2.75) is 19.4 Å². The van der Waals surface area contributed by atoms with Crippen molar-refractivity contribution in [3.8, 4) is 0 Å². The molecular weight excluding hydrogens is 252 g/mol. The van der Waals surface area contributed by atoms with E-state index in [-0.39, 0.29) is 17.8 Å². The molecule has 1 aliphatic carbocycles. The molecule has 4 heteroatoms. The average molecular weight is 270 g/mol. The Labute approximate surface area is 118 Å². The van der Waals surface area contributed by atoms with Crippen molar-refractivity contribution < 1.29 is 9.53 Å². The fourth-order valence-corrected chi connectivity index (χ4v) is 2.93. The van der Waals surface area contributed by atoms with Crippen molar-refractivity contribution in [1.29, 1.82) is 0 Å². The van der Waals surface area contributed by atoms with Crippen LogP contribution in [0.1, 0.15) is 24.1 Å². The van der Waals surface area contributed by atoms with Gasteiger partial charge < -0.3 is 9.30 Å². The summed E-state index contributed by atoms with van der Waals surface area (Å²) in [7, 11) is 1.45. The van der Waals surface area contributed by atoms with Crippen molar-refractivity contribution in [2.24, 2.45) is 11.8 Å². The van der Waals surface area contributed by atoms with E-state index < -0.39 is 0 Å². The Hall–Kier alpha value is -2.10. The van der Waals surface area contributed by atoms with Gasteiger partial charge in [-0.2, -0.15) is 0 Å². The van der Waals surface area contributed by atoms with E-state index in [0.717, 1.165) is 12.2 Å².